The summed E-state index contributed by atoms with van der Waals surface area (Å²) < 4.78 is 0. The molecule has 0 aromatic heterocycles. The van der Waals surface area contributed by atoms with Crippen LogP contribution in [0, 0.1) is 6.92 Å². The first-order chi connectivity index (χ1) is 7.91. The van der Waals surface area contributed by atoms with Crippen LogP contribution in [-0.2, 0) is 0 Å². The van der Waals surface area contributed by atoms with Gasteiger partial charge >= 0.3 is 0 Å². The molecule has 0 fully saturated rings. The van der Waals surface area contributed by atoms with E-state index in [1.165, 1.54) is 0 Å². The highest BCUT2D eigenvalue weighted by molar-refractivity contribution is 5.95. The quantitative estimate of drug-likeness (QED) is 0.777. The van der Waals surface area contributed by atoms with Crippen molar-refractivity contribution < 1.29 is 9.90 Å². The molecule has 0 spiro atoms. The van der Waals surface area contributed by atoms with Gasteiger partial charge < -0.3 is 15.7 Å². The van der Waals surface area contributed by atoms with Crippen molar-refractivity contribution in [2.75, 3.05) is 19.3 Å². The average Bonchev–Trinajstić information content (AvgIpc) is 2.25. The molecule has 1 atom stereocenters. The highest BCUT2D eigenvalue weighted by atomic mass is 16.3. The van der Waals surface area contributed by atoms with Gasteiger partial charge in [0.2, 0.25) is 0 Å². The van der Waals surface area contributed by atoms with Crippen molar-refractivity contribution in [1.29, 1.82) is 0 Å². The van der Waals surface area contributed by atoms with Crippen LogP contribution in [0.3, 0.4) is 0 Å². The first kappa shape index (κ1) is 13.5. The number of aliphatic hydroxyl groups is 1. The van der Waals surface area contributed by atoms with Crippen LogP contribution >= 0.6 is 0 Å². The molecule has 1 aromatic carbocycles. The number of nitrogens with two attached hydrogens (primary N) is 1. The Morgan fingerprint density at radius 3 is 2.71 bits per heavy atom. The Hall–Kier alpha value is -1.55. The summed E-state index contributed by atoms with van der Waals surface area (Å²) in [7, 11) is 1.74. The van der Waals surface area contributed by atoms with Crippen molar-refractivity contribution in [3.63, 3.8) is 0 Å². The molecule has 0 aliphatic heterocycles. The van der Waals surface area contributed by atoms with Crippen molar-refractivity contribution in [2.45, 2.75) is 26.4 Å². The van der Waals surface area contributed by atoms with E-state index in [-0.39, 0.29) is 5.91 Å². The molecule has 4 heteroatoms. The number of rotatable bonds is 4. The fourth-order valence-electron chi connectivity index (χ4n) is 1.61. The zero-order valence-corrected chi connectivity index (χ0v) is 10.6. The molecule has 1 unspecified atom stereocenters. The number of anilines is 1. The van der Waals surface area contributed by atoms with E-state index in [4.69, 9.17) is 5.73 Å². The average molecular weight is 236 g/mol. The van der Waals surface area contributed by atoms with Gasteiger partial charge in [-0.05, 0) is 44.0 Å². The number of hydrogen-bond acceptors (Lipinski definition) is 3. The van der Waals surface area contributed by atoms with Gasteiger partial charge in [0.15, 0.2) is 0 Å². The topological polar surface area (TPSA) is 66.6 Å². The van der Waals surface area contributed by atoms with Crippen molar-refractivity contribution in [2.24, 2.45) is 0 Å². The van der Waals surface area contributed by atoms with Crippen molar-refractivity contribution in [1.82, 2.24) is 4.90 Å². The maximum absolute atomic E-state index is 12.1. The van der Waals surface area contributed by atoms with E-state index in [1.54, 1.807) is 37.1 Å². The Kier molecular flexibility index (Phi) is 4.52. The van der Waals surface area contributed by atoms with Gasteiger partial charge in [0, 0.05) is 24.8 Å². The van der Waals surface area contributed by atoms with Crippen LogP contribution in [0.5, 0.6) is 0 Å². The second-order valence-electron chi connectivity index (χ2n) is 4.44. The molecule has 3 N–H and O–H groups in total. The molecule has 0 bridgehead atoms. The van der Waals surface area contributed by atoms with E-state index >= 15 is 0 Å². The van der Waals surface area contributed by atoms with Gasteiger partial charge in [-0.25, -0.2) is 0 Å². The lowest BCUT2D eigenvalue weighted by Crippen LogP contribution is -2.29. The van der Waals surface area contributed by atoms with E-state index in [0.717, 1.165) is 5.56 Å². The van der Waals surface area contributed by atoms with E-state index < -0.39 is 6.10 Å². The van der Waals surface area contributed by atoms with Gasteiger partial charge in [-0.1, -0.05) is 0 Å². The van der Waals surface area contributed by atoms with Crippen molar-refractivity contribution in [3.05, 3.63) is 29.3 Å². The van der Waals surface area contributed by atoms with Crippen LogP contribution in [0.4, 0.5) is 5.69 Å². The second-order valence-corrected chi connectivity index (χ2v) is 4.44. The SMILES string of the molecule is Cc1cc(N)ccc1C(=O)N(C)CCC(C)O. The molecule has 4 nitrogen and oxygen atoms in total. The van der Waals surface area contributed by atoms with Gasteiger partial charge in [-0.15, -0.1) is 0 Å². The van der Waals surface area contributed by atoms with Crippen LogP contribution in [0.1, 0.15) is 29.3 Å². The smallest absolute Gasteiger partial charge is 0.253 e. The van der Waals surface area contributed by atoms with Crippen LogP contribution in [0.15, 0.2) is 18.2 Å². The predicted octanol–water partition coefficient (Wildman–Crippen LogP) is 1.42. The number of nitrogens with zero attached hydrogens (tertiary/aromatic N) is 1. The fraction of sp³-hybridized carbons (Fsp3) is 0.462. The van der Waals surface area contributed by atoms with Crippen LogP contribution < -0.4 is 5.73 Å². The van der Waals surface area contributed by atoms with Crippen LogP contribution in [0.25, 0.3) is 0 Å². The third kappa shape index (κ3) is 3.75. The molecule has 0 aliphatic rings. The Labute approximate surface area is 102 Å². The molecule has 0 radical (unpaired) electrons. The third-order valence-corrected chi connectivity index (χ3v) is 2.71. The number of amides is 1. The number of aryl methyl sites for hydroxylation is 1. The normalized spacial score (nSPS) is 12.2. The summed E-state index contributed by atoms with van der Waals surface area (Å²) in [6.45, 7) is 4.12. The molecule has 0 saturated heterocycles. The number of nitrogen functional groups attached to an aromatic ring is 1. The molecule has 0 aliphatic carbocycles. The van der Waals surface area contributed by atoms with Crippen molar-refractivity contribution in [3.8, 4) is 0 Å². The number of benzene rings is 1. The van der Waals surface area contributed by atoms with Gasteiger partial charge in [0.05, 0.1) is 6.10 Å². The van der Waals surface area contributed by atoms with Crippen molar-refractivity contribution >= 4 is 11.6 Å². The molecule has 1 rings (SSSR count). The highest BCUT2D eigenvalue weighted by Gasteiger charge is 2.14. The second kappa shape index (κ2) is 5.68. The number of aliphatic hydroxyl groups excluding tert-OH is 1. The molecular weight excluding hydrogens is 216 g/mol. The maximum atomic E-state index is 12.1. The van der Waals surface area contributed by atoms with Gasteiger partial charge in [0.1, 0.15) is 0 Å². The summed E-state index contributed by atoms with van der Waals surface area (Å²) in [5.41, 5.74) is 7.84. The van der Waals surface area contributed by atoms with Gasteiger partial charge in [-0.2, -0.15) is 0 Å². The largest absolute Gasteiger partial charge is 0.399 e. The zero-order chi connectivity index (χ0) is 13.0. The minimum Gasteiger partial charge on any atom is -0.399 e. The zero-order valence-electron chi connectivity index (χ0n) is 10.6. The Morgan fingerprint density at radius 2 is 2.18 bits per heavy atom. The molecule has 1 aromatic rings. The standard InChI is InChI=1S/C13H20N2O2/c1-9-8-11(14)4-5-12(9)13(17)15(3)7-6-10(2)16/h4-5,8,10,16H,6-7,14H2,1-3H3. The molecule has 1 amide bonds. The van der Waals surface area contributed by atoms with E-state index in [1.807, 2.05) is 6.92 Å². The predicted molar refractivity (Wildman–Crippen MR) is 68.8 cm³/mol. The molecule has 94 valence electrons. The first-order valence-electron chi connectivity index (χ1n) is 5.71. The Morgan fingerprint density at radius 1 is 1.53 bits per heavy atom. The number of carbonyl (C=O) groups is 1. The first-order valence-corrected chi connectivity index (χ1v) is 5.71. The monoisotopic (exact) mass is 236 g/mol. The molecular formula is C13H20N2O2. The minimum absolute atomic E-state index is 0.0387. The number of hydrogen-bond donors (Lipinski definition) is 2. The summed E-state index contributed by atoms with van der Waals surface area (Å²) in [6, 6.07) is 5.25. The van der Waals surface area contributed by atoms with Gasteiger partial charge in [0.25, 0.3) is 5.91 Å². The lowest BCUT2D eigenvalue weighted by molar-refractivity contribution is 0.0768. The summed E-state index contributed by atoms with van der Waals surface area (Å²) in [6.07, 6.45) is 0.189. The van der Waals surface area contributed by atoms with Crippen LogP contribution in [-0.4, -0.2) is 35.6 Å². The Bertz CT molecular complexity index is 402. The summed E-state index contributed by atoms with van der Waals surface area (Å²) in [5, 5.41) is 9.19. The maximum Gasteiger partial charge on any atom is 0.253 e. The minimum atomic E-state index is -0.391. The molecule has 0 heterocycles. The fourth-order valence-corrected chi connectivity index (χ4v) is 1.61. The Balaban J connectivity index is 2.75. The summed E-state index contributed by atoms with van der Waals surface area (Å²) in [4.78, 5) is 13.7. The molecule has 0 saturated carbocycles. The summed E-state index contributed by atoms with van der Waals surface area (Å²) in [5.74, 6) is -0.0387. The van der Waals surface area contributed by atoms with Crippen LogP contribution in [0.2, 0.25) is 0 Å². The summed E-state index contributed by atoms with van der Waals surface area (Å²) >= 11 is 0. The third-order valence-electron chi connectivity index (χ3n) is 2.71. The number of carbonyl (C=O) groups excluding carboxylic acids is 1. The van der Waals surface area contributed by atoms with E-state index in [0.29, 0.717) is 24.2 Å². The highest BCUT2D eigenvalue weighted by Crippen LogP contribution is 2.14. The van der Waals surface area contributed by atoms with Gasteiger partial charge in [-0.3, -0.25) is 4.79 Å². The lowest BCUT2D eigenvalue weighted by atomic mass is 10.1. The van der Waals surface area contributed by atoms with E-state index in [2.05, 4.69) is 0 Å². The van der Waals surface area contributed by atoms with E-state index in [9.17, 15) is 9.90 Å². The lowest BCUT2D eigenvalue weighted by Gasteiger charge is -2.19. The molecule has 17 heavy (non-hydrogen) atoms.